The largest absolute Gasteiger partial charge is 2.00 e. The van der Waals surface area contributed by atoms with Gasteiger partial charge < -0.3 is 9.97 Å². The molecular weight excluding hydrogens is 358 g/mol. The third-order valence-corrected chi connectivity index (χ3v) is 1.17. The average Bonchev–Trinajstić information content (AvgIpc) is 1.85. The van der Waals surface area contributed by atoms with Crippen LogP contribution in [0, 0.1) is 11.2 Å². The van der Waals surface area contributed by atoms with Crippen molar-refractivity contribution in [1.29, 1.82) is 0 Å². The number of aromatic nitrogens is 2. The van der Waals surface area contributed by atoms with E-state index in [2.05, 4.69) is 22.2 Å². The zero-order valence-corrected chi connectivity index (χ0v) is 9.31. The number of nitrogens with one attached hydrogen (secondary N) is 2. The van der Waals surface area contributed by atoms with Gasteiger partial charge in [-0.1, -0.05) is 5.69 Å². The number of aromatic amines is 2. The van der Waals surface area contributed by atoms with Crippen LogP contribution in [0.15, 0.2) is 10.9 Å². The molecule has 2 N–H and O–H groups in total. The van der Waals surface area contributed by atoms with Gasteiger partial charge in [-0.15, -0.1) is 6.07 Å². The Morgan fingerprint density at radius 2 is 2.00 bits per heavy atom. The topological polar surface area (TPSA) is 48.6 Å². The molecule has 64 valence electrons. The summed E-state index contributed by atoms with van der Waals surface area (Å²) in [7, 11) is 0. The van der Waals surface area contributed by atoms with Gasteiger partial charge in [0.2, 0.25) is 0 Å². The van der Waals surface area contributed by atoms with Crippen LogP contribution >= 0.6 is 12.2 Å². The summed E-state index contributed by atoms with van der Waals surface area (Å²) in [5.74, 6) is 0. The fourth-order valence-corrected chi connectivity index (χ4v) is 0.781. The molecular formula is C5H3F2N2OSW+. The molecule has 0 aromatic carbocycles. The molecule has 1 rings (SSSR count). The first-order valence-electron chi connectivity index (χ1n) is 2.61. The number of H-pyrrole nitrogens is 2. The van der Waals surface area contributed by atoms with Crippen LogP contribution in [0.1, 0.15) is 5.69 Å². The van der Waals surface area contributed by atoms with Gasteiger partial charge in [0.25, 0.3) is 0 Å². The van der Waals surface area contributed by atoms with Crippen LogP contribution in [0.2, 0.25) is 0 Å². The molecule has 0 amide bonds. The van der Waals surface area contributed by atoms with Crippen molar-refractivity contribution < 1.29 is 29.8 Å². The molecule has 0 radical (unpaired) electrons. The molecule has 0 aliphatic carbocycles. The minimum absolute atomic E-state index is 0. The molecule has 1 heterocycles. The van der Waals surface area contributed by atoms with Crippen LogP contribution in [-0.4, -0.2) is 9.97 Å². The fourth-order valence-electron chi connectivity index (χ4n) is 0.571. The maximum Gasteiger partial charge on any atom is 2.00 e. The monoisotopic (exact) mass is 361 g/mol. The summed E-state index contributed by atoms with van der Waals surface area (Å²) in [5, 5.41) is 0. The van der Waals surface area contributed by atoms with Gasteiger partial charge >= 0.3 is 21.1 Å². The third kappa shape index (κ3) is 2.87. The summed E-state index contributed by atoms with van der Waals surface area (Å²) in [6.45, 7) is 0. The minimum atomic E-state index is -1.96. The summed E-state index contributed by atoms with van der Waals surface area (Å²) in [4.78, 5) is 14.8. The smallest absolute Gasteiger partial charge is 0.362 e. The van der Waals surface area contributed by atoms with Gasteiger partial charge in [-0.3, -0.25) is 13.6 Å². The number of hydrogen-bond donors (Lipinski definition) is 2. The van der Waals surface area contributed by atoms with Crippen LogP contribution < -0.4 is 5.56 Å². The summed E-state index contributed by atoms with van der Waals surface area (Å²) >= 11 is 4.45. The molecule has 0 fully saturated rings. The average molecular weight is 361 g/mol. The Labute approximate surface area is 85.5 Å². The van der Waals surface area contributed by atoms with Crippen molar-refractivity contribution in [3.63, 3.8) is 0 Å². The zero-order chi connectivity index (χ0) is 8.43. The van der Waals surface area contributed by atoms with Crippen molar-refractivity contribution >= 4 is 12.2 Å². The van der Waals surface area contributed by atoms with Crippen molar-refractivity contribution in [3.05, 3.63) is 33.3 Å². The van der Waals surface area contributed by atoms with Gasteiger partial charge in [0.1, 0.15) is 6.43 Å². The molecule has 7 heteroatoms. The zero-order valence-electron chi connectivity index (χ0n) is 5.56. The Bertz CT molecular complexity index is 333. The normalized spacial score (nSPS) is 8.83. The molecule has 0 saturated carbocycles. The quantitative estimate of drug-likeness (QED) is 0.584. The van der Waals surface area contributed by atoms with Crippen LogP contribution in [0.3, 0.4) is 0 Å². The molecule has 0 aliphatic rings. The van der Waals surface area contributed by atoms with Crippen LogP contribution in [0.4, 0.5) is 8.78 Å². The number of hydrogen-bond acceptors (Lipinski definition) is 2. The van der Waals surface area contributed by atoms with Crippen LogP contribution in [0.5, 0.6) is 0 Å². The van der Waals surface area contributed by atoms with E-state index in [-0.39, 0.29) is 25.8 Å². The van der Waals surface area contributed by atoms with Gasteiger partial charge in [0, 0.05) is 0 Å². The Morgan fingerprint density at radius 1 is 1.42 bits per heavy atom. The SMILES string of the molecule is O=c1cc([C-](F)F)[nH]c(=S)[nH]1.[W+2]. The van der Waals surface area contributed by atoms with Gasteiger partial charge in [-0.05, 0) is 12.2 Å². The van der Waals surface area contributed by atoms with E-state index in [1.54, 1.807) is 0 Å². The summed E-state index contributed by atoms with van der Waals surface area (Å²) in [6.07, 6.45) is -1.96. The second-order valence-corrected chi connectivity index (χ2v) is 2.17. The number of rotatable bonds is 1. The molecule has 12 heavy (non-hydrogen) atoms. The number of halogens is 2. The van der Waals surface area contributed by atoms with E-state index in [0.29, 0.717) is 0 Å². The molecule has 0 atom stereocenters. The Morgan fingerprint density at radius 3 is 2.42 bits per heavy atom. The standard InChI is InChI=1S/C5H3F2N2OS.W/c6-4(7)2-1-3(10)9-5(11)8-2;/h1H,(H2,8,9,10,11);/q-1;+2. The van der Waals surface area contributed by atoms with Crippen LogP contribution in [0.25, 0.3) is 0 Å². The Balaban J connectivity index is 0.00000121. The predicted molar refractivity (Wildman–Crippen MR) is 36.8 cm³/mol. The first-order chi connectivity index (χ1) is 5.09. The van der Waals surface area contributed by atoms with Crippen molar-refractivity contribution in [3.8, 4) is 0 Å². The second-order valence-electron chi connectivity index (χ2n) is 1.76. The molecule has 0 spiro atoms. The summed E-state index contributed by atoms with van der Waals surface area (Å²) in [5.41, 5.74) is -1.18. The van der Waals surface area contributed by atoms with Gasteiger partial charge in [0.05, 0.1) is 0 Å². The van der Waals surface area contributed by atoms with E-state index < -0.39 is 17.7 Å². The fraction of sp³-hybridized carbons (Fsp3) is 0. The summed E-state index contributed by atoms with van der Waals surface area (Å²) in [6, 6.07) is 0.741. The third-order valence-electron chi connectivity index (χ3n) is 0.964. The molecule has 1 aromatic rings. The van der Waals surface area contributed by atoms with Crippen molar-refractivity contribution in [1.82, 2.24) is 9.97 Å². The molecule has 0 aliphatic heterocycles. The van der Waals surface area contributed by atoms with Crippen molar-refractivity contribution in [2.45, 2.75) is 0 Å². The van der Waals surface area contributed by atoms with Crippen molar-refractivity contribution in [2.75, 3.05) is 0 Å². The second kappa shape index (κ2) is 4.52. The first-order valence-corrected chi connectivity index (χ1v) is 3.02. The first kappa shape index (κ1) is 11.5. The molecule has 0 bridgehead atoms. The van der Waals surface area contributed by atoms with Gasteiger partial charge in [0.15, 0.2) is 10.3 Å². The molecule has 3 nitrogen and oxygen atoms in total. The van der Waals surface area contributed by atoms with E-state index >= 15 is 0 Å². The van der Waals surface area contributed by atoms with E-state index in [4.69, 9.17) is 0 Å². The van der Waals surface area contributed by atoms with E-state index in [9.17, 15) is 13.6 Å². The van der Waals surface area contributed by atoms with E-state index in [0.717, 1.165) is 6.07 Å². The van der Waals surface area contributed by atoms with Gasteiger partial charge in [-0.25, -0.2) is 0 Å². The molecule has 1 aromatic heterocycles. The summed E-state index contributed by atoms with van der Waals surface area (Å²) < 4.78 is 23.5. The Hall–Kier alpha value is -0.482. The maximum absolute atomic E-state index is 11.8. The molecule has 0 saturated heterocycles. The van der Waals surface area contributed by atoms with Crippen LogP contribution in [-0.2, 0) is 21.1 Å². The minimum Gasteiger partial charge on any atom is -0.362 e. The van der Waals surface area contributed by atoms with E-state index in [1.807, 2.05) is 0 Å². The molecule has 0 unspecified atom stereocenters. The van der Waals surface area contributed by atoms with Gasteiger partial charge in [-0.2, -0.15) is 0 Å². The predicted octanol–water partition coefficient (Wildman–Crippen LogP) is 1.21. The Kier molecular flexibility index (Phi) is 4.34. The van der Waals surface area contributed by atoms with Crippen molar-refractivity contribution in [2.24, 2.45) is 0 Å². The van der Waals surface area contributed by atoms with E-state index in [1.165, 1.54) is 0 Å². The maximum atomic E-state index is 11.8.